The standard InChI is InChI=1S/C18H23N3O4/c1-3-19-6-8-20(9-7-19)15-11-16(22)21(17(15)23)14-10-13(18(24)25)5-4-12(14)2/h4-5,10,15H,3,6-9,11H2,1-2H3,(H,24,25)/t15-/m0/s1. The SMILES string of the molecule is CCN1CCN([C@H]2CC(=O)N(c3cc(C(=O)O)ccc3C)C2=O)CC1. The molecule has 1 aromatic carbocycles. The molecule has 2 amide bonds. The van der Waals surface area contributed by atoms with E-state index in [1.165, 1.54) is 17.0 Å². The van der Waals surface area contributed by atoms with E-state index in [1.807, 2.05) is 0 Å². The number of hydrogen-bond acceptors (Lipinski definition) is 5. The number of benzene rings is 1. The Morgan fingerprint density at radius 1 is 1.20 bits per heavy atom. The van der Waals surface area contributed by atoms with Crippen LogP contribution in [0.25, 0.3) is 0 Å². The Kier molecular flexibility index (Phi) is 4.87. The molecule has 7 heteroatoms. The Hall–Kier alpha value is -2.25. The van der Waals surface area contributed by atoms with Crippen molar-refractivity contribution >= 4 is 23.5 Å². The lowest BCUT2D eigenvalue weighted by atomic mass is 10.1. The van der Waals surface area contributed by atoms with Gasteiger partial charge in [-0.2, -0.15) is 0 Å². The van der Waals surface area contributed by atoms with Crippen LogP contribution in [0.3, 0.4) is 0 Å². The molecule has 0 radical (unpaired) electrons. The molecule has 25 heavy (non-hydrogen) atoms. The van der Waals surface area contributed by atoms with Crippen molar-refractivity contribution in [2.45, 2.75) is 26.3 Å². The first kappa shape index (κ1) is 17.6. The third-order valence-electron chi connectivity index (χ3n) is 5.11. The predicted octanol–water partition coefficient (Wildman–Crippen LogP) is 0.963. The number of hydrogen-bond donors (Lipinski definition) is 1. The molecule has 7 nitrogen and oxygen atoms in total. The van der Waals surface area contributed by atoms with Crippen LogP contribution in [0.4, 0.5) is 5.69 Å². The number of carboxylic acid groups (broad SMARTS) is 1. The van der Waals surface area contributed by atoms with Crippen molar-refractivity contribution < 1.29 is 19.5 Å². The lowest BCUT2D eigenvalue weighted by Crippen LogP contribution is -2.52. The fourth-order valence-corrected chi connectivity index (χ4v) is 3.53. The number of piperazine rings is 1. The van der Waals surface area contributed by atoms with E-state index in [2.05, 4.69) is 16.7 Å². The second-order valence-electron chi connectivity index (χ2n) is 6.56. The van der Waals surface area contributed by atoms with Gasteiger partial charge in [0.05, 0.1) is 23.7 Å². The van der Waals surface area contributed by atoms with Gasteiger partial charge in [0.25, 0.3) is 5.91 Å². The van der Waals surface area contributed by atoms with E-state index >= 15 is 0 Å². The number of rotatable bonds is 4. The molecular weight excluding hydrogens is 322 g/mol. The molecule has 134 valence electrons. The summed E-state index contributed by atoms with van der Waals surface area (Å²) in [4.78, 5) is 42.2. The lowest BCUT2D eigenvalue weighted by Gasteiger charge is -2.36. The Bertz CT molecular complexity index is 710. The second kappa shape index (κ2) is 6.93. The summed E-state index contributed by atoms with van der Waals surface area (Å²) in [5.74, 6) is -1.59. The monoisotopic (exact) mass is 345 g/mol. The zero-order chi connectivity index (χ0) is 18.1. The van der Waals surface area contributed by atoms with Gasteiger partial charge in [0.15, 0.2) is 0 Å². The molecule has 2 aliphatic heterocycles. The summed E-state index contributed by atoms with van der Waals surface area (Å²) in [5, 5.41) is 9.18. The largest absolute Gasteiger partial charge is 0.478 e. The van der Waals surface area contributed by atoms with Crippen molar-refractivity contribution in [1.82, 2.24) is 9.80 Å². The molecule has 0 bridgehead atoms. The van der Waals surface area contributed by atoms with Crippen LogP contribution < -0.4 is 4.90 Å². The predicted molar refractivity (Wildman–Crippen MR) is 92.7 cm³/mol. The number of carboxylic acids is 1. The molecule has 3 rings (SSSR count). The summed E-state index contributed by atoms with van der Waals surface area (Å²) in [7, 11) is 0. The fraction of sp³-hybridized carbons (Fsp3) is 0.500. The first-order valence-electron chi connectivity index (χ1n) is 8.59. The van der Waals surface area contributed by atoms with Crippen LogP contribution in [0.1, 0.15) is 29.3 Å². The van der Waals surface area contributed by atoms with Crippen molar-refractivity contribution in [2.75, 3.05) is 37.6 Å². The molecule has 2 fully saturated rings. The van der Waals surface area contributed by atoms with Gasteiger partial charge in [0, 0.05) is 26.2 Å². The van der Waals surface area contributed by atoms with Crippen LogP contribution in [-0.4, -0.2) is 71.5 Å². The number of imide groups is 1. The van der Waals surface area contributed by atoms with Crippen LogP contribution in [0.2, 0.25) is 0 Å². The summed E-state index contributed by atoms with van der Waals surface area (Å²) in [6.07, 6.45) is 0.154. The zero-order valence-electron chi connectivity index (χ0n) is 14.6. The number of nitrogens with zero attached hydrogens (tertiary/aromatic N) is 3. The quantitative estimate of drug-likeness (QED) is 0.819. The Morgan fingerprint density at radius 3 is 2.48 bits per heavy atom. The molecule has 0 aliphatic carbocycles. The number of carbonyl (C=O) groups excluding carboxylic acids is 2. The van der Waals surface area contributed by atoms with Gasteiger partial charge in [-0.25, -0.2) is 9.69 Å². The van der Waals surface area contributed by atoms with Crippen molar-refractivity contribution in [3.05, 3.63) is 29.3 Å². The van der Waals surface area contributed by atoms with E-state index < -0.39 is 12.0 Å². The van der Waals surface area contributed by atoms with E-state index in [9.17, 15) is 19.5 Å². The lowest BCUT2D eigenvalue weighted by molar-refractivity contribution is -0.123. The average Bonchev–Trinajstić information content (AvgIpc) is 2.90. The van der Waals surface area contributed by atoms with Crippen molar-refractivity contribution in [2.24, 2.45) is 0 Å². The molecule has 0 saturated carbocycles. The molecule has 0 spiro atoms. The number of likely N-dealkylation sites (N-methyl/N-ethyl adjacent to an activating group) is 1. The van der Waals surface area contributed by atoms with E-state index in [4.69, 9.17) is 0 Å². The van der Waals surface area contributed by atoms with E-state index in [0.717, 1.165) is 32.7 Å². The summed E-state index contributed by atoms with van der Waals surface area (Å²) in [5.41, 5.74) is 1.16. The Morgan fingerprint density at radius 2 is 1.88 bits per heavy atom. The van der Waals surface area contributed by atoms with Crippen LogP contribution in [-0.2, 0) is 9.59 Å². The van der Waals surface area contributed by atoms with Crippen LogP contribution >= 0.6 is 0 Å². The van der Waals surface area contributed by atoms with Crippen molar-refractivity contribution in [3.8, 4) is 0 Å². The van der Waals surface area contributed by atoms with Gasteiger partial charge < -0.3 is 10.0 Å². The molecule has 2 heterocycles. The Labute approximate surface area is 146 Å². The van der Waals surface area contributed by atoms with E-state index in [0.29, 0.717) is 11.3 Å². The molecule has 0 unspecified atom stereocenters. The van der Waals surface area contributed by atoms with E-state index in [1.54, 1.807) is 13.0 Å². The summed E-state index contributed by atoms with van der Waals surface area (Å²) in [6.45, 7) is 8.18. The second-order valence-corrected chi connectivity index (χ2v) is 6.56. The number of carbonyl (C=O) groups is 3. The molecular formula is C18H23N3O4. The highest BCUT2D eigenvalue weighted by molar-refractivity contribution is 6.23. The summed E-state index contributed by atoms with van der Waals surface area (Å²) >= 11 is 0. The van der Waals surface area contributed by atoms with Crippen LogP contribution in [0.5, 0.6) is 0 Å². The third-order valence-corrected chi connectivity index (χ3v) is 5.11. The minimum absolute atomic E-state index is 0.0706. The van der Waals surface area contributed by atoms with Gasteiger partial charge in [-0.1, -0.05) is 13.0 Å². The molecule has 2 aliphatic rings. The number of anilines is 1. The van der Waals surface area contributed by atoms with Crippen molar-refractivity contribution in [1.29, 1.82) is 0 Å². The number of aryl methyl sites for hydroxylation is 1. The zero-order valence-corrected chi connectivity index (χ0v) is 14.6. The topological polar surface area (TPSA) is 81.2 Å². The molecule has 1 N–H and O–H groups in total. The smallest absolute Gasteiger partial charge is 0.335 e. The Balaban J connectivity index is 1.83. The average molecular weight is 345 g/mol. The summed E-state index contributed by atoms with van der Waals surface area (Å²) < 4.78 is 0. The van der Waals surface area contributed by atoms with Crippen LogP contribution in [0.15, 0.2) is 18.2 Å². The summed E-state index contributed by atoms with van der Waals surface area (Å²) in [6, 6.07) is 4.07. The number of aromatic carboxylic acids is 1. The van der Waals surface area contributed by atoms with Gasteiger partial charge in [-0.3, -0.25) is 14.5 Å². The number of amides is 2. The first-order chi connectivity index (χ1) is 11.9. The van der Waals surface area contributed by atoms with Crippen LogP contribution in [0, 0.1) is 6.92 Å². The maximum Gasteiger partial charge on any atom is 0.335 e. The van der Waals surface area contributed by atoms with Gasteiger partial charge in [0.2, 0.25) is 5.91 Å². The maximum atomic E-state index is 12.9. The van der Waals surface area contributed by atoms with E-state index in [-0.39, 0.29) is 23.8 Å². The maximum absolute atomic E-state index is 12.9. The fourth-order valence-electron chi connectivity index (χ4n) is 3.53. The molecule has 0 aromatic heterocycles. The minimum atomic E-state index is -1.08. The van der Waals surface area contributed by atoms with Gasteiger partial charge >= 0.3 is 5.97 Å². The molecule has 1 atom stereocenters. The van der Waals surface area contributed by atoms with Crippen molar-refractivity contribution in [3.63, 3.8) is 0 Å². The van der Waals surface area contributed by atoms with Gasteiger partial charge in [0.1, 0.15) is 0 Å². The first-order valence-corrected chi connectivity index (χ1v) is 8.59. The normalized spacial score (nSPS) is 22.6. The molecule has 2 saturated heterocycles. The minimum Gasteiger partial charge on any atom is -0.478 e. The van der Waals surface area contributed by atoms with Gasteiger partial charge in [-0.05, 0) is 31.2 Å². The highest BCUT2D eigenvalue weighted by Crippen LogP contribution is 2.29. The highest BCUT2D eigenvalue weighted by Gasteiger charge is 2.43. The third kappa shape index (κ3) is 3.29. The molecule has 1 aromatic rings. The highest BCUT2D eigenvalue weighted by atomic mass is 16.4. The van der Waals surface area contributed by atoms with Gasteiger partial charge in [-0.15, -0.1) is 0 Å².